The molecule has 2 nitrogen and oxygen atoms in total. The van der Waals surface area contributed by atoms with Gasteiger partial charge in [-0.3, -0.25) is 0 Å². The van der Waals surface area contributed by atoms with E-state index in [2.05, 4.69) is 10.6 Å². The highest BCUT2D eigenvalue weighted by atomic mass is 16.2. The molecule has 56 valence electrons. The zero-order valence-corrected chi connectivity index (χ0v) is 6.25. The van der Waals surface area contributed by atoms with E-state index in [1.807, 2.05) is 19.3 Å². The first-order valence-electron chi connectivity index (χ1n) is 3.55. The molecule has 0 aliphatic carbocycles. The monoisotopic (exact) mass is 139 g/mol. The number of nitrogens with zero attached hydrogens (tertiary/aromatic N) is 1. The molecule has 0 aromatic carbocycles. The highest BCUT2D eigenvalue weighted by Gasteiger charge is 1.94. The predicted octanol–water partition coefficient (Wildman–Crippen LogP) is 0.950. The highest BCUT2D eigenvalue weighted by Crippen LogP contribution is 2.01. The Morgan fingerprint density at radius 1 is 1.60 bits per heavy atom. The van der Waals surface area contributed by atoms with Crippen LogP contribution in [0.15, 0.2) is 18.3 Å². The Balaban J connectivity index is 2.49. The third-order valence-electron chi connectivity index (χ3n) is 1.64. The van der Waals surface area contributed by atoms with Crippen molar-refractivity contribution in [1.29, 1.82) is 0 Å². The number of aromatic nitrogens is 1. The van der Waals surface area contributed by atoms with Crippen molar-refractivity contribution in [3.63, 3.8) is 0 Å². The number of aryl methyl sites for hydroxylation is 2. The molecule has 1 aromatic heterocycles. The number of aliphatic hydroxyl groups excluding tert-OH is 1. The van der Waals surface area contributed by atoms with Crippen LogP contribution in [0.3, 0.4) is 0 Å². The van der Waals surface area contributed by atoms with Crippen LogP contribution in [-0.2, 0) is 13.5 Å². The Morgan fingerprint density at radius 3 is 2.90 bits per heavy atom. The van der Waals surface area contributed by atoms with Gasteiger partial charge in [0.25, 0.3) is 0 Å². The van der Waals surface area contributed by atoms with Crippen LogP contribution in [0, 0.1) is 0 Å². The van der Waals surface area contributed by atoms with Crippen LogP contribution < -0.4 is 0 Å². The van der Waals surface area contributed by atoms with Gasteiger partial charge in [-0.2, -0.15) is 0 Å². The van der Waals surface area contributed by atoms with Gasteiger partial charge in [-0.25, -0.2) is 0 Å². The van der Waals surface area contributed by atoms with Gasteiger partial charge in [0.2, 0.25) is 0 Å². The summed E-state index contributed by atoms with van der Waals surface area (Å²) >= 11 is 0. The van der Waals surface area contributed by atoms with Gasteiger partial charge in [-0.15, -0.1) is 0 Å². The van der Waals surface area contributed by atoms with Crippen LogP contribution in [0.25, 0.3) is 0 Å². The first-order valence-corrected chi connectivity index (χ1v) is 3.55. The maximum atomic E-state index is 8.55. The minimum Gasteiger partial charge on any atom is -0.396 e. The van der Waals surface area contributed by atoms with E-state index in [9.17, 15) is 0 Å². The van der Waals surface area contributed by atoms with Crippen LogP contribution in [0.1, 0.15) is 12.1 Å². The molecular weight excluding hydrogens is 126 g/mol. The zero-order chi connectivity index (χ0) is 7.40. The molecule has 1 aromatic rings. The molecular formula is C8H13NO. The average Bonchev–Trinajstić information content (AvgIpc) is 2.31. The minimum absolute atomic E-state index is 0.283. The van der Waals surface area contributed by atoms with Gasteiger partial charge in [0.05, 0.1) is 0 Å². The molecule has 2 heteroatoms. The fourth-order valence-corrected chi connectivity index (χ4v) is 1.02. The molecule has 0 spiro atoms. The summed E-state index contributed by atoms with van der Waals surface area (Å²) in [5.41, 5.74) is 1.29. The summed E-state index contributed by atoms with van der Waals surface area (Å²) in [6, 6.07) is 4.10. The summed E-state index contributed by atoms with van der Waals surface area (Å²) in [4.78, 5) is 0. The van der Waals surface area contributed by atoms with Gasteiger partial charge in [-0.1, -0.05) is 0 Å². The topological polar surface area (TPSA) is 25.2 Å². The van der Waals surface area contributed by atoms with Gasteiger partial charge in [0.15, 0.2) is 0 Å². The van der Waals surface area contributed by atoms with E-state index in [0.717, 1.165) is 12.8 Å². The van der Waals surface area contributed by atoms with E-state index in [-0.39, 0.29) is 6.61 Å². The molecule has 0 saturated carbocycles. The third-order valence-corrected chi connectivity index (χ3v) is 1.64. The summed E-state index contributed by atoms with van der Waals surface area (Å²) in [7, 11) is 2.02. The standard InChI is InChI=1S/C8H13NO/c1-9-6-2-4-8(9)5-3-7-10/h2,4,6,10H,3,5,7H2,1H3. The molecule has 1 rings (SSSR count). The second-order valence-electron chi connectivity index (χ2n) is 2.44. The summed E-state index contributed by atoms with van der Waals surface area (Å²) < 4.78 is 2.08. The molecule has 0 aliphatic heterocycles. The van der Waals surface area contributed by atoms with Crippen molar-refractivity contribution in [3.05, 3.63) is 24.0 Å². The lowest BCUT2D eigenvalue weighted by Crippen LogP contribution is -1.96. The normalized spacial score (nSPS) is 10.2. The molecule has 0 fully saturated rings. The summed E-state index contributed by atoms with van der Waals surface area (Å²) in [5, 5.41) is 8.55. The Hall–Kier alpha value is -0.760. The van der Waals surface area contributed by atoms with E-state index >= 15 is 0 Å². The van der Waals surface area contributed by atoms with E-state index < -0.39 is 0 Å². The number of hydrogen-bond acceptors (Lipinski definition) is 1. The molecule has 0 saturated heterocycles. The molecule has 1 heterocycles. The van der Waals surface area contributed by atoms with Crippen LogP contribution in [-0.4, -0.2) is 16.3 Å². The van der Waals surface area contributed by atoms with Gasteiger partial charge in [0.1, 0.15) is 0 Å². The summed E-state index contributed by atoms with van der Waals surface area (Å²) in [5.74, 6) is 0. The van der Waals surface area contributed by atoms with Crippen molar-refractivity contribution in [3.8, 4) is 0 Å². The smallest absolute Gasteiger partial charge is 0.0434 e. The fourth-order valence-electron chi connectivity index (χ4n) is 1.02. The van der Waals surface area contributed by atoms with E-state index in [0.29, 0.717) is 0 Å². The van der Waals surface area contributed by atoms with E-state index in [4.69, 9.17) is 5.11 Å². The van der Waals surface area contributed by atoms with Crippen molar-refractivity contribution in [2.45, 2.75) is 12.8 Å². The Kier molecular flexibility index (Phi) is 2.51. The minimum atomic E-state index is 0.283. The Labute approximate surface area is 61.1 Å². The predicted molar refractivity (Wildman–Crippen MR) is 40.8 cm³/mol. The van der Waals surface area contributed by atoms with Crippen molar-refractivity contribution in [2.24, 2.45) is 7.05 Å². The van der Waals surface area contributed by atoms with Crippen LogP contribution >= 0.6 is 0 Å². The van der Waals surface area contributed by atoms with Crippen LogP contribution in [0.4, 0.5) is 0 Å². The molecule has 0 amide bonds. The largest absolute Gasteiger partial charge is 0.396 e. The second kappa shape index (κ2) is 3.42. The molecule has 10 heavy (non-hydrogen) atoms. The first-order chi connectivity index (χ1) is 4.84. The van der Waals surface area contributed by atoms with Gasteiger partial charge >= 0.3 is 0 Å². The summed E-state index contributed by atoms with van der Waals surface area (Å²) in [6.45, 7) is 0.283. The quantitative estimate of drug-likeness (QED) is 0.662. The van der Waals surface area contributed by atoms with Crippen molar-refractivity contribution < 1.29 is 5.11 Å². The van der Waals surface area contributed by atoms with Crippen molar-refractivity contribution >= 4 is 0 Å². The molecule has 0 aliphatic rings. The zero-order valence-electron chi connectivity index (χ0n) is 6.25. The van der Waals surface area contributed by atoms with Gasteiger partial charge in [-0.05, 0) is 25.0 Å². The van der Waals surface area contributed by atoms with E-state index in [1.54, 1.807) is 0 Å². The average molecular weight is 139 g/mol. The lowest BCUT2D eigenvalue weighted by molar-refractivity contribution is 0.287. The molecule has 0 unspecified atom stereocenters. The first kappa shape index (κ1) is 7.35. The number of hydrogen-bond donors (Lipinski definition) is 1. The highest BCUT2D eigenvalue weighted by molar-refractivity contribution is 5.06. The van der Waals surface area contributed by atoms with E-state index in [1.165, 1.54) is 5.69 Å². The second-order valence-corrected chi connectivity index (χ2v) is 2.44. The molecule has 0 atom stereocenters. The fraction of sp³-hybridized carbons (Fsp3) is 0.500. The maximum Gasteiger partial charge on any atom is 0.0434 e. The Bertz CT molecular complexity index is 193. The molecule has 0 radical (unpaired) electrons. The lowest BCUT2D eigenvalue weighted by atomic mass is 10.2. The number of aliphatic hydroxyl groups is 1. The lowest BCUT2D eigenvalue weighted by Gasteiger charge is -1.99. The number of rotatable bonds is 3. The Morgan fingerprint density at radius 2 is 2.40 bits per heavy atom. The SMILES string of the molecule is Cn1cccc1CCCO. The van der Waals surface area contributed by atoms with Crippen molar-refractivity contribution in [1.82, 2.24) is 4.57 Å². The molecule has 1 N–H and O–H groups in total. The van der Waals surface area contributed by atoms with Crippen LogP contribution in [0.2, 0.25) is 0 Å². The third kappa shape index (κ3) is 1.61. The maximum absolute atomic E-state index is 8.55. The van der Waals surface area contributed by atoms with Crippen LogP contribution in [0.5, 0.6) is 0 Å². The van der Waals surface area contributed by atoms with Gasteiger partial charge < -0.3 is 9.67 Å². The summed E-state index contributed by atoms with van der Waals surface area (Å²) in [6.07, 6.45) is 3.85. The molecule has 0 bridgehead atoms. The van der Waals surface area contributed by atoms with Gasteiger partial charge in [0, 0.05) is 25.5 Å². The van der Waals surface area contributed by atoms with Crippen molar-refractivity contribution in [2.75, 3.05) is 6.61 Å².